The van der Waals surface area contributed by atoms with Gasteiger partial charge in [-0.1, -0.05) is 16.5 Å². The number of thiazole rings is 1. The maximum absolute atomic E-state index is 12.4. The zero-order chi connectivity index (χ0) is 24.1. The minimum atomic E-state index is -4.35. The maximum atomic E-state index is 12.4. The smallest absolute Gasteiger partial charge is 0.422 e. The van der Waals surface area contributed by atoms with Crippen LogP contribution in [-0.4, -0.2) is 59.4 Å². The number of carbonyl (C=O) groups excluding carboxylic acids is 1. The molecule has 1 aliphatic carbocycles. The topological polar surface area (TPSA) is 80.5 Å². The van der Waals surface area contributed by atoms with E-state index in [-0.39, 0.29) is 23.6 Å². The zero-order valence-corrected chi connectivity index (χ0v) is 20.1. The fraction of sp³-hybridized carbons (Fsp3) is 0.696. The summed E-state index contributed by atoms with van der Waals surface area (Å²) in [5, 5.41) is 7.13. The summed E-state index contributed by atoms with van der Waals surface area (Å²) in [5.41, 5.74) is 1.54. The first-order chi connectivity index (χ1) is 16.2. The van der Waals surface area contributed by atoms with Crippen molar-refractivity contribution >= 4 is 17.2 Å². The molecule has 1 fully saturated rings. The Balaban J connectivity index is 1.13. The number of nitrogens with zero attached hydrogens (tertiary/aromatic N) is 3. The van der Waals surface area contributed by atoms with Crippen molar-refractivity contribution in [3.8, 4) is 5.19 Å². The lowest BCUT2D eigenvalue weighted by molar-refractivity contribution is -0.153. The number of aryl methyl sites for hydroxylation is 1. The molecule has 11 heteroatoms. The fourth-order valence-corrected chi connectivity index (χ4v) is 5.66. The molecule has 0 spiro atoms. The number of hydrogen-bond donors (Lipinski definition) is 1. The van der Waals surface area contributed by atoms with E-state index in [9.17, 15) is 18.0 Å². The van der Waals surface area contributed by atoms with E-state index in [1.165, 1.54) is 11.3 Å². The van der Waals surface area contributed by atoms with Crippen molar-refractivity contribution < 1.29 is 27.2 Å². The highest BCUT2D eigenvalue weighted by atomic mass is 32.1. The Morgan fingerprint density at radius 3 is 2.74 bits per heavy atom. The minimum Gasteiger partial charge on any atom is -0.460 e. The van der Waals surface area contributed by atoms with E-state index < -0.39 is 12.8 Å². The first-order valence-corrected chi connectivity index (χ1v) is 12.7. The van der Waals surface area contributed by atoms with E-state index in [4.69, 9.17) is 9.26 Å². The third-order valence-corrected chi connectivity index (χ3v) is 7.59. The second-order valence-electron chi connectivity index (χ2n) is 9.27. The molecule has 4 rings (SSSR count). The van der Waals surface area contributed by atoms with Gasteiger partial charge in [0.15, 0.2) is 6.61 Å². The van der Waals surface area contributed by atoms with Crippen LogP contribution in [0.1, 0.15) is 54.1 Å². The van der Waals surface area contributed by atoms with E-state index in [0.29, 0.717) is 17.4 Å². The SMILES string of the molecule is Cc1cc(CC(=O)N[C@H]2CC[C@H](CCN3CCc4nc(OCC(F)(F)F)sc4CC3)CC2)no1. The Labute approximate surface area is 201 Å². The maximum Gasteiger partial charge on any atom is 0.422 e. The van der Waals surface area contributed by atoms with Crippen LogP contribution in [0, 0.1) is 12.8 Å². The number of alkyl halides is 3. The van der Waals surface area contributed by atoms with Crippen molar-refractivity contribution in [2.24, 2.45) is 5.92 Å². The number of hydrogen-bond acceptors (Lipinski definition) is 7. The Kier molecular flexibility index (Phi) is 8.13. The van der Waals surface area contributed by atoms with Crippen molar-refractivity contribution in [2.75, 3.05) is 26.2 Å². The molecule has 0 aromatic carbocycles. The van der Waals surface area contributed by atoms with Gasteiger partial charge >= 0.3 is 6.18 Å². The summed E-state index contributed by atoms with van der Waals surface area (Å²) in [6.45, 7) is 3.28. The van der Waals surface area contributed by atoms with Crippen LogP contribution in [0.5, 0.6) is 5.19 Å². The van der Waals surface area contributed by atoms with E-state index >= 15 is 0 Å². The van der Waals surface area contributed by atoms with Gasteiger partial charge in [-0.3, -0.25) is 4.79 Å². The lowest BCUT2D eigenvalue weighted by Crippen LogP contribution is -2.39. The molecule has 2 aromatic rings. The minimum absolute atomic E-state index is 0.00522. The predicted octanol–water partition coefficient (Wildman–Crippen LogP) is 4.09. The summed E-state index contributed by atoms with van der Waals surface area (Å²) in [6, 6.07) is 2.01. The normalized spacial score (nSPS) is 21.6. The molecule has 0 saturated heterocycles. The second kappa shape index (κ2) is 11.1. The van der Waals surface area contributed by atoms with Gasteiger partial charge in [0.25, 0.3) is 5.19 Å². The molecule has 188 valence electrons. The average molecular weight is 501 g/mol. The van der Waals surface area contributed by atoms with E-state index in [0.717, 1.165) is 75.2 Å². The van der Waals surface area contributed by atoms with Crippen molar-refractivity contribution in [1.82, 2.24) is 20.4 Å². The number of rotatable bonds is 8. The lowest BCUT2D eigenvalue weighted by Gasteiger charge is -2.30. The first kappa shape index (κ1) is 25.0. The molecular weight excluding hydrogens is 469 g/mol. The molecule has 2 aromatic heterocycles. The Bertz CT molecular complexity index is 928. The molecule has 1 saturated carbocycles. The number of ether oxygens (including phenoxy) is 1. The van der Waals surface area contributed by atoms with Crippen LogP contribution in [0.3, 0.4) is 0 Å². The molecule has 2 aliphatic rings. The molecule has 0 unspecified atom stereocenters. The first-order valence-electron chi connectivity index (χ1n) is 11.9. The van der Waals surface area contributed by atoms with Crippen molar-refractivity contribution in [1.29, 1.82) is 0 Å². The summed E-state index contributed by atoms with van der Waals surface area (Å²) in [6.07, 6.45) is 2.78. The van der Waals surface area contributed by atoms with Crippen LogP contribution in [0.2, 0.25) is 0 Å². The molecular formula is C23H31F3N4O3S. The highest BCUT2D eigenvalue weighted by Crippen LogP contribution is 2.31. The standard InChI is InChI=1S/C23H31F3N4O3S/c1-15-12-18(29-33-15)13-21(31)27-17-4-2-16(3-5-17)6-9-30-10-7-19-20(8-11-30)34-22(28-19)32-14-23(24,25)26/h12,16-17H,2-11,13-14H2,1H3,(H,27,31)/t16-,17-. The molecule has 1 N–H and O–H groups in total. The van der Waals surface area contributed by atoms with Crippen LogP contribution in [-0.2, 0) is 24.1 Å². The summed E-state index contributed by atoms with van der Waals surface area (Å²) in [5.74, 6) is 1.36. The quantitative estimate of drug-likeness (QED) is 0.588. The Morgan fingerprint density at radius 2 is 2.03 bits per heavy atom. The van der Waals surface area contributed by atoms with Gasteiger partial charge in [0, 0.05) is 36.5 Å². The highest BCUT2D eigenvalue weighted by molar-refractivity contribution is 7.13. The van der Waals surface area contributed by atoms with E-state index in [1.807, 2.05) is 6.92 Å². The van der Waals surface area contributed by atoms with Crippen LogP contribution in [0.15, 0.2) is 10.6 Å². The lowest BCUT2D eigenvalue weighted by atomic mass is 9.84. The van der Waals surface area contributed by atoms with E-state index in [2.05, 4.69) is 20.4 Å². The number of carbonyl (C=O) groups is 1. The zero-order valence-electron chi connectivity index (χ0n) is 19.3. The molecule has 34 heavy (non-hydrogen) atoms. The van der Waals surface area contributed by atoms with E-state index in [1.54, 1.807) is 6.07 Å². The number of aromatic nitrogens is 2. The van der Waals surface area contributed by atoms with Gasteiger partial charge < -0.3 is 19.5 Å². The molecule has 0 atom stereocenters. The molecule has 0 radical (unpaired) electrons. The number of nitrogens with one attached hydrogen (secondary N) is 1. The van der Waals surface area contributed by atoms with Gasteiger partial charge in [0.2, 0.25) is 5.91 Å². The van der Waals surface area contributed by atoms with Gasteiger partial charge in [-0.15, -0.1) is 0 Å². The average Bonchev–Trinajstić information content (AvgIpc) is 3.32. The monoisotopic (exact) mass is 500 g/mol. The molecule has 0 bridgehead atoms. The van der Waals surface area contributed by atoms with Gasteiger partial charge in [-0.25, -0.2) is 4.98 Å². The molecule has 3 heterocycles. The largest absolute Gasteiger partial charge is 0.460 e. The molecule has 1 amide bonds. The van der Waals surface area contributed by atoms with Gasteiger partial charge in [0.05, 0.1) is 17.8 Å². The predicted molar refractivity (Wildman–Crippen MR) is 121 cm³/mol. The van der Waals surface area contributed by atoms with Gasteiger partial charge in [0.1, 0.15) is 5.76 Å². The van der Waals surface area contributed by atoms with Crippen molar-refractivity contribution in [3.05, 3.63) is 28.1 Å². The fourth-order valence-electron chi connectivity index (χ4n) is 4.72. The Morgan fingerprint density at radius 1 is 1.26 bits per heavy atom. The number of fused-ring (bicyclic) bond motifs is 1. The van der Waals surface area contributed by atoms with Crippen LogP contribution in [0.4, 0.5) is 13.2 Å². The second-order valence-corrected chi connectivity index (χ2v) is 10.3. The number of amides is 1. The number of halogens is 3. The highest BCUT2D eigenvalue weighted by Gasteiger charge is 2.30. The summed E-state index contributed by atoms with van der Waals surface area (Å²) < 4.78 is 46.9. The summed E-state index contributed by atoms with van der Waals surface area (Å²) >= 11 is 1.24. The molecule has 1 aliphatic heterocycles. The van der Waals surface area contributed by atoms with Crippen molar-refractivity contribution in [2.45, 2.75) is 70.5 Å². The third kappa shape index (κ3) is 7.43. The van der Waals surface area contributed by atoms with Gasteiger partial charge in [-0.05, 0) is 57.9 Å². The van der Waals surface area contributed by atoms with Crippen LogP contribution >= 0.6 is 11.3 Å². The molecule has 7 nitrogen and oxygen atoms in total. The van der Waals surface area contributed by atoms with Crippen LogP contribution in [0.25, 0.3) is 0 Å². The van der Waals surface area contributed by atoms with Crippen LogP contribution < -0.4 is 10.1 Å². The summed E-state index contributed by atoms with van der Waals surface area (Å²) in [4.78, 5) is 20.0. The summed E-state index contributed by atoms with van der Waals surface area (Å²) in [7, 11) is 0. The van der Waals surface area contributed by atoms with Gasteiger partial charge in [-0.2, -0.15) is 13.2 Å². The Hall–Kier alpha value is -2.14. The van der Waals surface area contributed by atoms with Crippen molar-refractivity contribution in [3.63, 3.8) is 0 Å². The third-order valence-electron chi connectivity index (χ3n) is 6.52.